The van der Waals surface area contributed by atoms with E-state index in [9.17, 15) is 0 Å². The van der Waals surface area contributed by atoms with Gasteiger partial charge in [0.25, 0.3) is 0 Å². The van der Waals surface area contributed by atoms with Gasteiger partial charge in [-0.05, 0) is 19.8 Å². The molecule has 2 unspecified atom stereocenters. The fourth-order valence-corrected chi connectivity index (χ4v) is 1.87. The minimum Gasteiger partial charge on any atom is -0.378 e. The highest BCUT2D eigenvalue weighted by atomic mass is 16.5. The van der Waals surface area contributed by atoms with Crippen molar-refractivity contribution in [1.82, 2.24) is 0 Å². The van der Waals surface area contributed by atoms with Gasteiger partial charge in [0.05, 0.1) is 11.7 Å². The van der Waals surface area contributed by atoms with Gasteiger partial charge in [-0.2, -0.15) is 0 Å². The fraction of sp³-hybridized carbons (Fsp3) is 1.00. The molecular formula is C9H18O2. The SMILES string of the molecule is COC1CCCCC1(C)OC. The number of hydrogen-bond donors (Lipinski definition) is 0. The van der Waals surface area contributed by atoms with E-state index >= 15 is 0 Å². The monoisotopic (exact) mass is 158 g/mol. The molecule has 1 aliphatic carbocycles. The van der Waals surface area contributed by atoms with Crippen LogP contribution in [0, 0.1) is 0 Å². The van der Waals surface area contributed by atoms with Crippen molar-refractivity contribution in [3.8, 4) is 0 Å². The molecule has 2 atom stereocenters. The van der Waals surface area contributed by atoms with E-state index < -0.39 is 0 Å². The fourth-order valence-electron chi connectivity index (χ4n) is 1.87. The van der Waals surface area contributed by atoms with Gasteiger partial charge in [0, 0.05) is 14.2 Å². The summed E-state index contributed by atoms with van der Waals surface area (Å²) in [5.74, 6) is 0. The van der Waals surface area contributed by atoms with E-state index in [1.165, 1.54) is 12.8 Å². The van der Waals surface area contributed by atoms with Crippen molar-refractivity contribution in [2.75, 3.05) is 14.2 Å². The van der Waals surface area contributed by atoms with E-state index in [1.54, 1.807) is 14.2 Å². The molecule has 0 aromatic rings. The summed E-state index contributed by atoms with van der Waals surface area (Å²) >= 11 is 0. The quantitative estimate of drug-likeness (QED) is 0.611. The maximum atomic E-state index is 5.46. The van der Waals surface area contributed by atoms with E-state index in [4.69, 9.17) is 9.47 Å². The third-order valence-electron chi connectivity index (χ3n) is 2.82. The Balaban J connectivity index is 2.57. The number of rotatable bonds is 2. The summed E-state index contributed by atoms with van der Waals surface area (Å²) in [6, 6.07) is 0. The molecule has 0 saturated heterocycles. The zero-order chi connectivity index (χ0) is 8.32. The molecule has 11 heavy (non-hydrogen) atoms. The highest BCUT2D eigenvalue weighted by Crippen LogP contribution is 2.32. The van der Waals surface area contributed by atoms with Gasteiger partial charge in [-0.25, -0.2) is 0 Å². The lowest BCUT2D eigenvalue weighted by Crippen LogP contribution is -2.44. The van der Waals surface area contributed by atoms with E-state index in [0.717, 1.165) is 12.8 Å². The second-order valence-electron chi connectivity index (χ2n) is 3.49. The number of ether oxygens (including phenoxy) is 2. The first-order chi connectivity index (χ1) is 5.23. The summed E-state index contributed by atoms with van der Waals surface area (Å²) in [4.78, 5) is 0. The van der Waals surface area contributed by atoms with Crippen LogP contribution in [0.2, 0.25) is 0 Å². The molecule has 0 radical (unpaired) electrons. The van der Waals surface area contributed by atoms with Gasteiger partial charge < -0.3 is 9.47 Å². The Morgan fingerprint density at radius 1 is 1.27 bits per heavy atom. The van der Waals surface area contributed by atoms with Crippen molar-refractivity contribution in [1.29, 1.82) is 0 Å². The van der Waals surface area contributed by atoms with Gasteiger partial charge in [0.2, 0.25) is 0 Å². The summed E-state index contributed by atoms with van der Waals surface area (Å²) in [7, 11) is 3.55. The minimum absolute atomic E-state index is 0.0347. The predicted octanol–water partition coefficient (Wildman–Crippen LogP) is 1.98. The molecule has 2 nitrogen and oxygen atoms in total. The molecule has 0 amide bonds. The first-order valence-corrected chi connectivity index (χ1v) is 4.31. The van der Waals surface area contributed by atoms with Gasteiger partial charge in [0.1, 0.15) is 0 Å². The molecule has 0 aromatic carbocycles. The van der Waals surface area contributed by atoms with Crippen LogP contribution in [0.25, 0.3) is 0 Å². The molecule has 0 bridgehead atoms. The lowest BCUT2D eigenvalue weighted by Gasteiger charge is -2.39. The molecule has 0 aromatic heterocycles. The lowest BCUT2D eigenvalue weighted by atomic mass is 9.83. The van der Waals surface area contributed by atoms with Crippen molar-refractivity contribution in [2.24, 2.45) is 0 Å². The Morgan fingerprint density at radius 3 is 2.45 bits per heavy atom. The summed E-state index contributed by atoms with van der Waals surface area (Å²) in [5.41, 5.74) is -0.0347. The maximum absolute atomic E-state index is 5.46. The van der Waals surface area contributed by atoms with E-state index in [1.807, 2.05) is 0 Å². The zero-order valence-corrected chi connectivity index (χ0v) is 7.72. The van der Waals surface area contributed by atoms with Crippen molar-refractivity contribution in [3.63, 3.8) is 0 Å². The maximum Gasteiger partial charge on any atom is 0.0911 e. The Labute approximate surface area is 68.9 Å². The van der Waals surface area contributed by atoms with E-state index in [-0.39, 0.29) is 5.60 Å². The Bertz CT molecular complexity index is 125. The third kappa shape index (κ3) is 1.74. The van der Waals surface area contributed by atoms with Gasteiger partial charge in [0.15, 0.2) is 0 Å². The zero-order valence-electron chi connectivity index (χ0n) is 7.72. The molecule has 66 valence electrons. The average molecular weight is 158 g/mol. The molecular weight excluding hydrogens is 140 g/mol. The van der Waals surface area contributed by atoms with Gasteiger partial charge in [-0.1, -0.05) is 12.8 Å². The lowest BCUT2D eigenvalue weighted by molar-refractivity contribution is -0.126. The highest BCUT2D eigenvalue weighted by Gasteiger charge is 2.36. The molecule has 1 rings (SSSR count). The average Bonchev–Trinajstić information content (AvgIpc) is 2.05. The van der Waals surface area contributed by atoms with Crippen LogP contribution in [-0.4, -0.2) is 25.9 Å². The highest BCUT2D eigenvalue weighted by molar-refractivity contribution is 4.88. The van der Waals surface area contributed by atoms with Crippen molar-refractivity contribution in [3.05, 3.63) is 0 Å². The van der Waals surface area contributed by atoms with Crippen LogP contribution in [0.5, 0.6) is 0 Å². The number of hydrogen-bond acceptors (Lipinski definition) is 2. The van der Waals surface area contributed by atoms with Crippen LogP contribution in [0.15, 0.2) is 0 Å². The normalized spacial score (nSPS) is 39.0. The largest absolute Gasteiger partial charge is 0.378 e. The molecule has 2 heteroatoms. The predicted molar refractivity (Wildman–Crippen MR) is 44.7 cm³/mol. The van der Waals surface area contributed by atoms with Gasteiger partial charge >= 0.3 is 0 Å². The molecule has 0 N–H and O–H groups in total. The minimum atomic E-state index is -0.0347. The standard InChI is InChI=1S/C9H18O2/c1-9(11-3)7-5-4-6-8(9)10-2/h8H,4-7H2,1-3H3. The third-order valence-corrected chi connectivity index (χ3v) is 2.82. The van der Waals surface area contributed by atoms with Crippen LogP contribution in [0.4, 0.5) is 0 Å². The van der Waals surface area contributed by atoms with E-state index in [0.29, 0.717) is 6.10 Å². The van der Waals surface area contributed by atoms with Crippen molar-refractivity contribution < 1.29 is 9.47 Å². The topological polar surface area (TPSA) is 18.5 Å². The first kappa shape index (κ1) is 9.01. The summed E-state index contributed by atoms with van der Waals surface area (Å²) in [5, 5.41) is 0. The molecule has 0 heterocycles. The van der Waals surface area contributed by atoms with Crippen LogP contribution >= 0.6 is 0 Å². The molecule has 0 aliphatic heterocycles. The second-order valence-corrected chi connectivity index (χ2v) is 3.49. The van der Waals surface area contributed by atoms with Crippen LogP contribution < -0.4 is 0 Å². The molecule has 1 saturated carbocycles. The van der Waals surface area contributed by atoms with Crippen LogP contribution in [-0.2, 0) is 9.47 Å². The number of methoxy groups -OCH3 is 2. The first-order valence-electron chi connectivity index (χ1n) is 4.31. The van der Waals surface area contributed by atoms with Crippen molar-refractivity contribution >= 4 is 0 Å². The Morgan fingerprint density at radius 2 is 2.00 bits per heavy atom. The smallest absolute Gasteiger partial charge is 0.0911 e. The van der Waals surface area contributed by atoms with Crippen LogP contribution in [0.1, 0.15) is 32.6 Å². The molecule has 1 aliphatic rings. The summed E-state index contributed by atoms with van der Waals surface area (Å²) in [6.45, 7) is 2.14. The van der Waals surface area contributed by atoms with Gasteiger partial charge in [-0.15, -0.1) is 0 Å². The van der Waals surface area contributed by atoms with Gasteiger partial charge in [-0.3, -0.25) is 0 Å². The molecule has 1 fully saturated rings. The summed E-state index contributed by atoms with van der Waals surface area (Å²) < 4.78 is 10.8. The molecule has 0 spiro atoms. The van der Waals surface area contributed by atoms with Crippen LogP contribution in [0.3, 0.4) is 0 Å². The second kappa shape index (κ2) is 3.55. The van der Waals surface area contributed by atoms with E-state index in [2.05, 4.69) is 6.92 Å². The Kier molecular flexibility index (Phi) is 2.90. The Hall–Kier alpha value is -0.0800. The summed E-state index contributed by atoms with van der Waals surface area (Å²) in [6.07, 6.45) is 5.10. The van der Waals surface area contributed by atoms with Crippen molar-refractivity contribution in [2.45, 2.75) is 44.3 Å².